The maximum atomic E-state index is 12.8. The number of benzene rings is 2. The molecule has 212 valence electrons. The topological polar surface area (TPSA) is 87.5 Å². The molecule has 2 aliphatic rings. The second kappa shape index (κ2) is 10.6. The van der Waals surface area contributed by atoms with Crippen LogP contribution >= 0.6 is 10.5 Å². The van der Waals surface area contributed by atoms with E-state index in [1.54, 1.807) is 0 Å². The van der Waals surface area contributed by atoms with Crippen molar-refractivity contribution in [1.29, 1.82) is 0 Å². The van der Waals surface area contributed by atoms with E-state index in [-0.39, 0.29) is 0 Å². The highest BCUT2D eigenvalue weighted by Gasteiger charge is 2.36. The molecule has 2 atom stereocenters. The van der Waals surface area contributed by atoms with E-state index in [1.165, 1.54) is 5.56 Å². The summed E-state index contributed by atoms with van der Waals surface area (Å²) >= 11 is 0. The first kappa shape index (κ1) is 28.3. The summed E-state index contributed by atoms with van der Waals surface area (Å²) in [5.74, 6) is 4.36. The van der Waals surface area contributed by atoms with Crippen molar-refractivity contribution >= 4 is 44.1 Å². The number of aliphatic carboxylic acids is 1. The highest BCUT2D eigenvalue weighted by molar-refractivity contribution is 8.27. The first-order chi connectivity index (χ1) is 18.9. The Balaban J connectivity index is 1.79. The van der Waals surface area contributed by atoms with Gasteiger partial charge in [-0.2, -0.15) is 0 Å². The lowest BCUT2D eigenvalue weighted by Crippen LogP contribution is -2.31. The van der Waals surface area contributed by atoms with Gasteiger partial charge in [0, 0.05) is 59.7 Å². The lowest BCUT2D eigenvalue weighted by Gasteiger charge is -2.29. The van der Waals surface area contributed by atoms with Crippen LogP contribution < -0.4 is 4.74 Å². The van der Waals surface area contributed by atoms with E-state index in [0.717, 1.165) is 68.6 Å². The number of fused-ring (bicyclic) bond motifs is 1. The van der Waals surface area contributed by atoms with E-state index in [2.05, 4.69) is 15.7 Å². The summed E-state index contributed by atoms with van der Waals surface area (Å²) in [6, 6.07) is 7.99. The fraction of sp³-hybridized carbons (Fsp3) is 0.419. The molecule has 0 saturated carbocycles. The molecule has 0 fully saturated rings. The molecular weight excluding hydrogens is 524 g/mol. The normalized spacial score (nSPS) is 17.0. The van der Waals surface area contributed by atoms with Gasteiger partial charge in [0.05, 0.1) is 23.4 Å². The summed E-state index contributed by atoms with van der Waals surface area (Å²) in [6.45, 7) is 9.85. The van der Waals surface area contributed by atoms with Crippen LogP contribution in [0.25, 0.3) is 22.0 Å². The molecule has 1 N–H and O–H groups in total. The molecule has 1 aromatic heterocycles. The maximum absolute atomic E-state index is 12.8. The summed E-state index contributed by atoms with van der Waals surface area (Å²) in [7, 11) is 5.48. The van der Waals surface area contributed by atoms with Gasteiger partial charge in [-0.3, -0.25) is 4.98 Å². The molecular formula is C31H38N4O4S. The van der Waals surface area contributed by atoms with Gasteiger partial charge in [0.2, 0.25) is 0 Å². The summed E-state index contributed by atoms with van der Waals surface area (Å²) in [6.07, 6.45) is 1.44. The van der Waals surface area contributed by atoms with Crippen LogP contribution in [0, 0.1) is 6.92 Å². The molecule has 0 saturated heterocycles. The molecule has 8 nitrogen and oxygen atoms in total. The summed E-state index contributed by atoms with van der Waals surface area (Å²) in [5, 5.41) is 12.4. The number of hydrogen-bond acceptors (Lipinski definition) is 7. The first-order valence-corrected chi connectivity index (χ1v) is 14.9. The van der Waals surface area contributed by atoms with Crippen LogP contribution in [0.15, 0.2) is 40.4 Å². The standard InChI is InChI=1S/C31H38N4O4S/c1-18-17-21-28(40(8)30(33-21)35(7)15-14-34(5)6)25(23(18)27(29(36)37)39-31(2,3)4)20-9-10-22-24-19(12-16-38-22)11-13-32-26(20)24/h9-11,13,17,27H,8,12,14-16H2,1-7H3,(H,36,37)/t27-,40?/m0/s1. The molecule has 5 rings (SSSR count). The Hall–Kier alpha value is -3.27. The third kappa shape index (κ3) is 5.13. The molecule has 0 spiro atoms. The fourth-order valence-electron chi connectivity index (χ4n) is 5.39. The van der Waals surface area contributed by atoms with Gasteiger partial charge in [-0.1, -0.05) is 16.4 Å². The number of hydrogen-bond donors (Lipinski definition) is 1. The summed E-state index contributed by atoms with van der Waals surface area (Å²) < 4.78 is 12.2. The molecule has 3 aromatic rings. The predicted molar refractivity (Wildman–Crippen MR) is 164 cm³/mol. The van der Waals surface area contributed by atoms with Gasteiger partial charge in [-0.05, 0) is 77.2 Å². The number of rotatable bonds is 7. The number of aromatic nitrogens is 1. The average molecular weight is 563 g/mol. The van der Waals surface area contributed by atoms with E-state index in [9.17, 15) is 9.90 Å². The number of amidine groups is 1. The zero-order valence-corrected chi connectivity index (χ0v) is 25.2. The van der Waals surface area contributed by atoms with E-state index < -0.39 is 28.2 Å². The Morgan fingerprint density at radius 1 is 1.23 bits per heavy atom. The SMILES string of the molecule is C=S1C(N(C)CCN(C)C)=Nc2cc(C)c([C@H](OC(C)(C)C)C(=O)O)c(-c3ccc4c5c(ccnc35)CCO4)c21. The number of likely N-dealkylation sites (N-methyl/N-ethyl adjacent to an activating group) is 2. The highest BCUT2D eigenvalue weighted by Crippen LogP contribution is 2.54. The van der Waals surface area contributed by atoms with Crippen molar-refractivity contribution in [3.05, 3.63) is 47.2 Å². The van der Waals surface area contributed by atoms with Crippen LogP contribution in [0.1, 0.15) is 43.6 Å². The molecule has 0 amide bonds. The molecule has 2 aromatic carbocycles. The van der Waals surface area contributed by atoms with Crippen molar-refractivity contribution in [2.45, 2.75) is 50.7 Å². The average Bonchev–Trinajstić information content (AvgIpc) is 3.21. The van der Waals surface area contributed by atoms with Crippen LogP contribution in [0.5, 0.6) is 5.75 Å². The number of aliphatic imine (C=N–C) groups is 1. The Morgan fingerprint density at radius 2 is 1.98 bits per heavy atom. The second-order valence-electron chi connectivity index (χ2n) is 11.7. The van der Waals surface area contributed by atoms with Gasteiger partial charge in [0.15, 0.2) is 11.3 Å². The highest BCUT2D eigenvalue weighted by atomic mass is 32.2. The van der Waals surface area contributed by atoms with Crippen LogP contribution in [-0.2, 0) is 16.0 Å². The van der Waals surface area contributed by atoms with Crippen molar-refractivity contribution < 1.29 is 19.4 Å². The number of carbonyl (C=O) groups is 1. The first-order valence-electron chi connectivity index (χ1n) is 13.5. The molecule has 0 aliphatic carbocycles. The number of ether oxygens (including phenoxy) is 2. The van der Waals surface area contributed by atoms with Gasteiger partial charge in [-0.25, -0.2) is 9.79 Å². The number of aryl methyl sites for hydroxylation is 1. The van der Waals surface area contributed by atoms with E-state index in [4.69, 9.17) is 19.5 Å². The predicted octanol–water partition coefficient (Wildman–Crippen LogP) is 5.64. The molecule has 9 heteroatoms. The third-order valence-electron chi connectivity index (χ3n) is 7.20. The lowest BCUT2D eigenvalue weighted by atomic mass is 9.88. The maximum Gasteiger partial charge on any atom is 0.337 e. The van der Waals surface area contributed by atoms with Crippen LogP contribution in [0.4, 0.5) is 5.69 Å². The van der Waals surface area contributed by atoms with Gasteiger partial charge in [0.1, 0.15) is 5.75 Å². The number of pyridine rings is 1. The molecule has 3 heterocycles. The fourth-order valence-corrected chi connectivity index (χ4v) is 7.07. The minimum absolute atomic E-state index is 0.619. The van der Waals surface area contributed by atoms with E-state index >= 15 is 0 Å². The number of carboxylic acids is 1. The Labute approximate surface area is 238 Å². The van der Waals surface area contributed by atoms with Crippen molar-refractivity contribution in [3.8, 4) is 16.9 Å². The van der Waals surface area contributed by atoms with Crippen molar-refractivity contribution in [2.24, 2.45) is 4.99 Å². The van der Waals surface area contributed by atoms with E-state index in [1.807, 2.05) is 79.3 Å². The van der Waals surface area contributed by atoms with Crippen LogP contribution in [0.2, 0.25) is 0 Å². The zero-order chi connectivity index (χ0) is 28.9. The van der Waals surface area contributed by atoms with Crippen molar-refractivity contribution in [3.63, 3.8) is 0 Å². The van der Waals surface area contributed by atoms with Crippen molar-refractivity contribution in [2.75, 3.05) is 40.8 Å². The van der Waals surface area contributed by atoms with Crippen LogP contribution in [-0.4, -0.2) is 83.3 Å². The zero-order valence-electron chi connectivity index (χ0n) is 24.4. The van der Waals surface area contributed by atoms with Gasteiger partial charge in [0.25, 0.3) is 0 Å². The largest absolute Gasteiger partial charge is 0.493 e. The summed E-state index contributed by atoms with van der Waals surface area (Å²) in [5.41, 5.74) is 5.17. The lowest BCUT2D eigenvalue weighted by molar-refractivity contribution is -0.160. The molecule has 40 heavy (non-hydrogen) atoms. The second-order valence-corrected chi connectivity index (χ2v) is 13.2. The van der Waals surface area contributed by atoms with Gasteiger partial charge < -0.3 is 24.4 Å². The minimum atomic E-state index is -1.19. The Kier molecular flexibility index (Phi) is 7.50. The minimum Gasteiger partial charge on any atom is -0.493 e. The van der Waals surface area contributed by atoms with Crippen molar-refractivity contribution in [1.82, 2.24) is 14.8 Å². The third-order valence-corrected chi connectivity index (χ3v) is 8.95. The Bertz CT molecular complexity index is 1550. The number of nitrogens with zero attached hydrogens (tertiary/aromatic N) is 4. The van der Waals surface area contributed by atoms with Gasteiger partial charge >= 0.3 is 5.97 Å². The molecule has 2 aliphatic heterocycles. The monoisotopic (exact) mass is 562 g/mol. The molecule has 0 bridgehead atoms. The Morgan fingerprint density at radius 3 is 2.65 bits per heavy atom. The number of carboxylic acid groups (broad SMARTS) is 1. The van der Waals surface area contributed by atoms with Gasteiger partial charge in [-0.15, -0.1) is 0 Å². The molecule has 0 radical (unpaired) electrons. The van der Waals surface area contributed by atoms with E-state index in [0.29, 0.717) is 12.2 Å². The summed E-state index contributed by atoms with van der Waals surface area (Å²) in [4.78, 5) is 27.9. The smallest absolute Gasteiger partial charge is 0.337 e. The van der Waals surface area contributed by atoms with Crippen LogP contribution in [0.3, 0.4) is 0 Å². The molecule has 1 unspecified atom stereocenters. The quantitative estimate of drug-likeness (QED) is 0.373.